The summed E-state index contributed by atoms with van der Waals surface area (Å²) >= 11 is 0. The van der Waals surface area contributed by atoms with Gasteiger partial charge in [0, 0.05) is 17.2 Å². The van der Waals surface area contributed by atoms with Gasteiger partial charge in [0.2, 0.25) is 0 Å². The zero-order valence-corrected chi connectivity index (χ0v) is 14.2. The molecule has 0 fully saturated rings. The molecule has 2 atom stereocenters. The highest BCUT2D eigenvalue weighted by atomic mass is 19.2. The largest absolute Gasteiger partial charge is 0.484 e. The van der Waals surface area contributed by atoms with Crippen molar-refractivity contribution < 1.29 is 17.9 Å². The zero-order chi connectivity index (χ0) is 18.4. The molecule has 0 saturated carbocycles. The summed E-state index contributed by atoms with van der Waals surface area (Å²) < 4.78 is 46.9. The van der Waals surface area contributed by atoms with E-state index in [4.69, 9.17) is 10.5 Å². The Hall–Kier alpha value is -2.53. The van der Waals surface area contributed by atoms with E-state index in [9.17, 15) is 13.2 Å². The van der Waals surface area contributed by atoms with Crippen molar-refractivity contribution >= 4 is 10.8 Å². The summed E-state index contributed by atoms with van der Waals surface area (Å²) in [5, 5.41) is 2.13. The highest BCUT2D eigenvalue weighted by molar-refractivity contribution is 5.88. The SMILES string of the molecule is CCc1ccc2c3c(ccc2c1)O[C@H](c1cc(F)c(F)cc1F)[C@@H](N)C3. The van der Waals surface area contributed by atoms with Gasteiger partial charge < -0.3 is 10.5 Å². The van der Waals surface area contributed by atoms with Crippen LogP contribution < -0.4 is 10.5 Å². The molecule has 0 aliphatic carbocycles. The molecule has 5 heteroatoms. The number of aryl methyl sites for hydroxylation is 1. The standard InChI is InChI=1S/C21H18F3NO/c1-2-11-3-5-13-12(7-11)4-6-20-14(13)9-19(25)21(26-20)15-8-17(23)18(24)10-16(15)22/h3-8,10,19,21H,2,9,25H2,1H3/t19-,21+/m0/s1. The van der Waals surface area contributed by atoms with Crippen LogP contribution >= 0.6 is 0 Å². The Morgan fingerprint density at radius 2 is 1.77 bits per heavy atom. The minimum Gasteiger partial charge on any atom is -0.484 e. The molecule has 3 aromatic carbocycles. The van der Waals surface area contributed by atoms with Gasteiger partial charge in [-0.3, -0.25) is 0 Å². The third-order valence-corrected chi connectivity index (χ3v) is 4.99. The lowest BCUT2D eigenvalue weighted by Gasteiger charge is -2.32. The number of benzene rings is 3. The Bertz CT molecular complexity index is 1000. The van der Waals surface area contributed by atoms with Crippen molar-refractivity contribution in [1.82, 2.24) is 0 Å². The first-order chi connectivity index (χ1) is 12.5. The van der Waals surface area contributed by atoms with Crippen molar-refractivity contribution in [2.75, 3.05) is 0 Å². The fraction of sp³-hybridized carbons (Fsp3) is 0.238. The number of hydrogen-bond donors (Lipinski definition) is 1. The lowest BCUT2D eigenvalue weighted by molar-refractivity contribution is 0.149. The van der Waals surface area contributed by atoms with Gasteiger partial charge in [-0.2, -0.15) is 0 Å². The maximum absolute atomic E-state index is 14.2. The number of nitrogens with two attached hydrogens (primary N) is 1. The summed E-state index contributed by atoms with van der Waals surface area (Å²) in [7, 11) is 0. The molecular weight excluding hydrogens is 339 g/mol. The first-order valence-electron chi connectivity index (χ1n) is 8.59. The predicted molar refractivity (Wildman–Crippen MR) is 94.7 cm³/mol. The van der Waals surface area contributed by atoms with Crippen molar-refractivity contribution in [3.8, 4) is 5.75 Å². The first-order valence-corrected chi connectivity index (χ1v) is 8.59. The molecule has 2 N–H and O–H groups in total. The van der Waals surface area contributed by atoms with Gasteiger partial charge in [-0.05, 0) is 41.3 Å². The molecule has 26 heavy (non-hydrogen) atoms. The van der Waals surface area contributed by atoms with Crippen LogP contribution in [0.3, 0.4) is 0 Å². The van der Waals surface area contributed by atoms with Crippen LogP contribution in [0.5, 0.6) is 5.75 Å². The minimum atomic E-state index is -1.23. The van der Waals surface area contributed by atoms with E-state index in [-0.39, 0.29) is 5.56 Å². The van der Waals surface area contributed by atoms with E-state index in [1.807, 2.05) is 18.2 Å². The van der Waals surface area contributed by atoms with Gasteiger partial charge in [-0.1, -0.05) is 31.2 Å². The molecule has 0 bridgehead atoms. The normalized spacial score (nSPS) is 19.3. The average Bonchev–Trinajstić information content (AvgIpc) is 2.64. The maximum atomic E-state index is 14.2. The Kier molecular flexibility index (Phi) is 4.11. The second kappa shape index (κ2) is 6.32. The van der Waals surface area contributed by atoms with Crippen molar-refractivity contribution in [2.24, 2.45) is 5.73 Å². The van der Waals surface area contributed by atoms with Crippen LogP contribution in [0.4, 0.5) is 13.2 Å². The molecule has 0 amide bonds. The monoisotopic (exact) mass is 357 g/mol. The van der Waals surface area contributed by atoms with Crippen LogP contribution in [-0.2, 0) is 12.8 Å². The zero-order valence-electron chi connectivity index (χ0n) is 14.2. The Morgan fingerprint density at radius 1 is 1.00 bits per heavy atom. The van der Waals surface area contributed by atoms with E-state index in [1.54, 1.807) is 0 Å². The second-order valence-electron chi connectivity index (χ2n) is 6.65. The van der Waals surface area contributed by atoms with Gasteiger partial charge in [-0.15, -0.1) is 0 Å². The van der Waals surface area contributed by atoms with Gasteiger partial charge in [-0.25, -0.2) is 13.2 Å². The van der Waals surface area contributed by atoms with Gasteiger partial charge in [0.25, 0.3) is 0 Å². The highest BCUT2D eigenvalue weighted by Crippen LogP contribution is 2.39. The number of hydrogen-bond acceptors (Lipinski definition) is 2. The lowest BCUT2D eigenvalue weighted by Crippen LogP contribution is -2.38. The van der Waals surface area contributed by atoms with Crippen LogP contribution in [0.2, 0.25) is 0 Å². The molecule has 0 unspecified atom stereocenters. The molecule has 2 nitrogen and oxygen atoms in total. The summed E-state index contributed by atoms with van der Waals surface area (Å²) in [5.41, 5.74) is 8.35. The number of rotatable bonds is 2. The lowest BCUT2D eigenvalue weighted by atomic mass is 9.89. The molecule has 3 aromatic rings. The molecule has 0 spiro atoms. The summed E-state index contributed by atoms with van der Waals surface area (Å²) in [5.74, 6) is -2.61. The van der Waals surface area contributed by atoms with E-state index in [0.29, 0.717) is 18.2 Å². The maximum Gasteiger partial charge on any atom is 0.161 e. The molecule has 0 aromatic heterocycles. The quantitative estimate of drug-likeness (QED) is 0.667. The topological polar surface area (TPSA) is 35.2 Å². The molecular formula is C21H18F3NO. The van der Waals surface area contributed by atoms with E-state index in [0.717, 1.165) is 28.8 Å². The van der Waals surface area contributed by atoms with E-state index in [2.05, 4.69) is 19.1 Å². The third-order valence-electron chi connectivity index (χ3n) is 4.99. The molecule has 1 heterocycles. The number of ether oxygens (including phenoxy) is 1. The third kappa shape index (κ3) is 2.72. The molecule has 0 radical (unpaired) electrons. The number of fused-ring (bicyclic) bond motifs is 3. The van der Waals surface area contributed by atoms with Crippen molar-refractivity contribution in [2.45, 2.75) is 31.9 Å². The summed E-state index contributed by atoms with van der Waals surface area (Å²) in [4.78, 5) is 0. The summed E-state index contributed by atoms with van der Waals surface area (Å²) in [6, 6.07) is 10.8. The van der Waals surface area contributed by atoms with Crippen LogP contribution in [0, 0.1) is 17.5 Å². The molecule has 0 saturated heterocycles. The highest BCUT2D eigenvalue weighted by Gasteiger charge is 2.32. The first kappa shape index (κ1) is 16.9. The van der Waals surface area contributed by atoms with Gasteiger partial charge in [0.1, 0.15) is 17.7 Å². The minimum absolute atomic E-state index is 0.0662. The number of halogens is 3. The molecule has 1 aliphatic heterocycles. The van der Waals surface area contributed by atoms with Crippen molar-refractivity contribution in [3.63, 3.8) is 0 Å². The van der Waals surface area contributed by atoms with Gasteiger partial charge in [0.05, 0.1) is 6.04 Å². The Labute approximate surface area is 149 Å². The average molecular weight is 357 g/mol. The fourth-order valence-electron chi connectivity index (χ4n) is 3.58. The molecule has 1 aliphatic rings. The van der Waals surface area contributed by atoms with Crippen molar-refractivity contribution in [3.05, 3.63) is 76.6 Å². The van der Waals surface area contributed by atoms with Crippen LogP contribution in [0.1, 0.15) is 29.7 Å². The summed E-state index contributed by atoms with van der Waals surface area (Å²) in [6.07, 6.45) is 0.534. The van der Waals surface area contributed by atoms with Gasteiger partial charge >= 0.3 is 0 Å². The smallest absolute Gasteiger partial charge is 0.161 e. The molecule has 134 valence electrons. The van der Waals surface area contributed by atoms with Gasteiger partial charge in [0.15, 0.2) is 11.6 Å². The van der Waals surface area contributed by atoms with Crippen LogP contribution in [0.25, 0.3) is 10.8 Å². The predicted octanol–water partition coefficient (Wildman–Crippen LogP) is 4.82. The second-order valence-corrected chi connectivity index (χ2v) is 6.65. The Balaban J connectivity index is 1.77. The summed E-state index contributed by atoms with van der Waals surface area (Å²) in [6.45, 7) is 2.10. The van der Waals surface area contributed by atoms with Crippen LogP contribution in [-0.4, -0.2) is 6.04 Å². The Morgan fingerprint density at radius 3 is 2.54 bits per heavy atom. The van der Waals surface area contributed by atoms with E-state index < -0.39 is 29.6 Å². The van der Waals surface area contributed by atoms with Crippen LogP contribution in [0.15, 0.2) is 42.5 Å². The van der Waals surface area contributed by atoms with E-state index >= 15 is 0 Å². The molecule has 4 rings (SSSR count). The van der Waals surface area contributed by atoms with Crippen molar-refractivity contribution in [1.29, 1.82) is 0 Å². The fourth-order valence-corrected chi connectivity index (χ4v) is 3.58. The van der Waals surface area contributed by atoms with E-state index in [1.165, 1.54) is 5.56 Å².